The number of hydrogen-bond donors (Lipinski definition) is 2. The van der Waals surface area contributed by atoms with Gasteiger partial charge in [-0.25, -0.2) is 4.79 Å². The Balaban J connectivity index is 1.64. The molecule has 174 valence electrons. The molecule has 34 heavy (non-hydrogen) atoms. The molecule has 4 rings (SSSR count). The molecule has 0 bridgehead atoms. The second-order valence-corrected chi connectivity index (χ2v) is 8.76. The number of carbonyl (C=O) groups is 2. The minimum absolute atomic E-state index is 0.00175. The summed E-state index contributed by atoms with van der Waals surface area (Å²) in [5.74, 6) is -1.50. The standard InChI is InChI=1S/C23H15F3N2O4S2/c1-32-19-15(6-3-7-16(19)21(30)31)17-9-8-13(27-17)11-18-20(29)28(22(33)34-18)14-5-2-4-12(10-14)23(24,25)26/h2-11,27H,1H3,(H,30,31)/b18-11-. The molecule has 0 unspecified atom stereocenters. The molecular weight excluding hydrogens is 489 g/mol. The van der Waals surface area contributed by atoms with Crippen molar-refractivity contribution in [3.05, 3.63) is 76.3 Å². The molecule has 1 aromatic heterocycles. The van der Waals surface area contributed by atoms with Crippen LogP contribution in [0.25, 0.3) is 17.3 Å². The van der Waals surface area contributed by atoms with E-state index >= 15 is 0 Å². The first kappa shape index (κ1) is 23.6. The van der Waals surface area contributed by atoms with Crippen molar-refractivity contribution in [2.45, 2.75) is 6.18 Å². The Morgan fingerprint density at radius 1 is 1.18 bits per heavy atom. The number of aromatic nitrogens is 1. The third kappa shape index (κ3) is 4.44. The zero-order valence-corrected chi connectivity index (χ0v) is 19.0. The Bertz CT molecular complexity index is 1350. The number of H-pyrrole nitrogens is 1. The number of methoxy groups -OCH3 is 1. The van der Waals surface area contributed by atoms with E-state index in [1.165, 1.54) is 31.4 Å². The third-order valence-corrected chi connectivity index (χ3v) is 6.26. The normalized spacial score (nSPS) is 15.3. The first-order valence-electron chi connectivity index (χ1n) is 9.65. The van der Waals surface area contributed by atoms with Gasteiger partial charge in [-0.1, -0.05) is 36.1 Å². The largest absolute Gasteiger partial charge is 0.495 e. The van der Waals surface area contributed by atoms with Crippen molar-refractivity contribution >= 4 is 51.9 Å². The zero-order valence-electron chi connectivity index (χ0n) is 17.3. The number of rotatable bonds is 5. The molecule has 0 spiro atoms. The van der Waals surface area contributed by atoms with E-state index in [1.54, 1.807) is 24.3 Å². The first-order valence-corrected chi connectivity index (χ1v) is 10.9. The van der Waals surface area contributed by atoms with Crippen molar-refractivity contribution in [1.82, 2.24) is 4.98 Å². The number of aromatic carboxylic acids is 1. The molecule has 0 aliphatic carbocycles. The fraction of sp³-hybridized carbons (Fsp3) is 0.0870. The number of nitrogens with zero attached hydrogens (tertiary/aromatic N) is 1. The lowest BCUT2D eigenvalue weighted by Crippen LogP contribution is -2.27. The molecule has 6 nitrogen and oxygen atoms in total. The second-order valence-electron chi connectivity index (χ2n) is 7.08. The van der Waals surface area contributed by atoms with Crippen LogP contribution in [0.3, 0.4) is 0 Å². The maximum atomic E-state index is 13.1. The molecule has 0 radical (unpaired) electrons. The van der Waals surface area contributed by atoms with Crippen LogP contribution in [0.1, 0.15) is 21.6 Å². The number of carboxylic acids is 1. The highest BCUT2D eigenvalue weighted by Gasteiger charge is 2.36. The van der Waals surface area contributed by atoms with Crippen LogP contribution in [0.5, 0.6) is 5.75 Å². The van der Waals surface area contributed by atoms with E-state index in [9.17, 15) is 27.9 Å². The van der Waals surface area contributed by atoms with Gasteiger partial charge < -0.3 is 14.8 Å². The third-order valence-electron chi connectivity index (χ3n) is 4.96. The van der Waals surface area contributed by atoms with Crippen LogP contribution in [0.2, 0.25) is 0 Å². The summed E-state index contributed by atoms with van der Waals surface area (Å²) in [6.07, 6.45) is -3.02. The number of halogens is 3. The fourth-order valence-electron chi connectivity index (χ4n) is 3.44. The van der Waals surface area contributed by atoms with E-state index in [4.69, 9.17) is 17.0 Å². The van der Waals surface area contributed by atoms with Crippen molar-refractivity contribution in [3.63, 3.8) is 0 Å². The summed E-state index contributed by atoms with van der Waals surface area (Å²) in [6, 6.07) is 12.5. The second kappa shape index (κ2) is 8.99. The predicted octanol–water partition coefficient (Wildman–Crippen LogP) is 5.81. The number of alkyl halides is 3. The molecule has 1 saturated heterocycles. The van der Waals surface area contributed by atoms with E-state index in [0.29, 0.717) is 17.0 Å². The van der Waals surface area contributed by atoms with Gasteiger partial charge >= 0.3 is 12.1 Å². The van der Waals surface area contributed by atoms with Gasteiger partial charge in [0, 0.05) is 17.0 Å². The number of amides is 1. The summed E-state index contributed by atoms with van der Waals surface area (Å²) >= 11 is 6.22. The maximum absolute atomic E-state index is 13.1. The molecule has 3 aromatic rings. The summed E-state index contributed by atoms with van der Waals surface area (Å²) in [5.41, 5.74) is 0.733. The number of carbonyl (C=O) groups excluding carboxylic acids is 1. The Morgan fingerprint density at radius 3 is 2.59 bits per heavy atom. The van der Waals surface area contributed by atoms with Gasteiger partial charge in [0.15, 0.2) is 4.32 Å². The molecule has 0 atom stereocenters. The minimum Gasteiger partial charge on any atom is -0.495 e. The van der Waals surface area contributed by atoms with Gasteiger partial charge in [-0.3, -0.25) is 9.69 Å². The summed E-state index contributed by atoms with van der Waals surface area (Å²) in [6.45, 7) is 0. The molecule has 0 saturated carbocycles. The molecule has 1 aliphatic rings. The molecule has 1 aliphatic heterocycles. The smallest absolute Gasteiger partial charge is 0.416 e. The minimum atomic E-state index is -4.55. The number of nitrogens with one attached hydrogen (secondary N) is 1. The SMILES string of the molecule is COc1c(C(=O)O)cccc1-c1ccc(/C=C2\SC(=S)N(c3cccc(C(F)(F)F)c3)C2=O)[nH]1. The molecule has 11 heteroatoms. The van der Waals surface area contributed by atoms with Crippen LogP contribution in [-0.4, -0.2) is 33.4 Å². The van der Waals surface area contributed by atoms with Gasteiger partial charge in [-0.15, -0.1) is 0 Å². The number of carboxylic acid groups (broad SMARTS) is 1. The molecule has 2 aromatic carbocycles. The quantitative estimate of drug-likeness (QED) is 0.337. The zero-order chi connectivity index (χ0) is 24.6. The maximum Gasteiger partial charge on any atom is 0.416 e. The predicted molar refractivity (Wildman–Crippen MR) is 127 cm³/mol. The lowest BCUT2D eigenvalue weighted by Gasteiger charge is -2.16. The highest BCUT2D eigenvalue weighted by Crippen LogP contribution is 2.39. The van der Waals surface area contributed by atoms with Crippen molar-refractivity contribution in [1.29, 1.82) is 0 Å². The van der Waals surface area contributed by atoms with Gasteiger partial charge in [-0.05, 0) is 48.5 Å². The topological polar surface area (TPSA) is 82.6 Å². The Morgan fingerprint density at radius 2 is 1.91 bits per heavy atom. The molecular formula is C23H15F3N2O4S2. The van der Waals surface area contributed by atoms with Crippen LogP contribution in [-0.2, 0) is 11.0 Å². The van der Waals surface area contributed by atoms with E-state index in [2.05, 4.69) is 4.98 Å². The number of hydrogen-bond acceptors (Lipinski definition) is 5. The van der Waals surface area contributed by atoms with Gasteiger partial charge in [0.1, 0.15) is 11.3 Å². The summed E-state index contributed by atoms with van der Waals surface area (Å²) in [7, 11) is 1.37. The summed E-state index contributed by atoms with van der Waals surface area (Å²) in [5, 5.41) is 9.38. The van der Waals surface area contributed by atoms with Crippen molar-refractivity contribution in [3.8, 4) is 17.0 Å². The van der Waals surface area contributed by atoms with Crippen molar-refractivity contribution < 1.29 is 32.6 Å². The monoisotopic (exact) mass is 504 g/mol. The van der Waals surface area contributed by atoms with Crippen LogP contribution < -0.4 is 9.64 Å². The fourth-order valence-corrected chi connectivity index (χ4v) is 4.73. The van der Waals surface area contributed by atoms with Crippen LogP contribution in [0.15, 0.2) is 59.5 Å². The number of benzene rings is 2. The van der Waals surface area contributed by atoms with Gasteiger partial charge in [0.05, 0.1) is 23.3 Å². The Labute approximate surface area is 201 Å². The molecule has 2 N–H and O–H groups in total. The summed E-state index contributed by atoms with van der Waals surface area (Å²) < 4.78 is 44.6. The van der Waals surface area contributed by atoms with Crippen molar-refractivity contribution in [2.24, 2.45) is 0 Å². The van der Waals surface area contributed by atoms with Gasteiger partial charge in [0.2, 0.25) is 0 Å². The number of para-hydroxylation sites is 1. The highest BCUT2D eigenvalue weighted by molar-refractivity contribution is 8.27. The van der Waals surface area contributed by atoms with E-state index in [1.807, 2.05) is 0 Å². The average molecular weight is 505 g/mol. The highest BCUT2D eigenvalue weighted by atomic mass is 32.2. The number of thiocarbonyl (C=S) groups is 1. The summed E-state index contributed by atoms with van der Waals surface area (Å²) in [4.78, 5) is 28.8. The molecule has 1 fully saturated rings. The van der Waals surface area contributed by atoms with Gasteiger partial charge in [0.25, 0.3) is 5.91 Å². The molecule has 2 heterocycles. The van der Waals surface area contributed by atoms with Gasteiger partial charge in [-0.2, -0.15) is 13.2 Å². The average Bonchev–Trinajstić information content (AvgIpc) is 3.36. The first-order chi connectivity index (χ1) is 16.1. The van der Waals surface area contributed by atoms with E-state index in [0.717, 1.165) is 28.8 Å². The number of thioether (sulfide) groups is 1. The number of anilines is 1. The van der Waals surface area contributed by atoms with Crippen LogP contribution in [0.4, 0.5) is 18.9 Å². The van der Waals surface area contributed by atoms with Crippen LogP contribution >= 0.6 is 24.0 Å². The lowest BCUT2D eigenvalue weighted by atomic mass is 10.1. The van der Waals surface area contributed by atoms with Crippen LogP contribution in [0, 0.1) is 0 Å². The Hall–Kier alpha value is -3.57. The number of aromatic amines is 1. The Kier molecular flexibility index (Phi) is 6.24. The van der Waals surface area contributed by atoms with E-state index in [-0.39, 0.29) is 26.2 Å². The molecule has 1 amide bonds. The van der Waals surface area contributed by atoms with Crippen molar-refractivity contribution in [2.75, 3.05) is 12.0 Å². The van der Waals surface area contributed by atoms with E-state index < -0.39 is 23.6 Å². The number of ether oxygens (including phenoxy) is 1. The lowest BCUT2D eigenvalue weighted by molar-refractivity contribution is -0.137.